The summed E-state index contributed by atoms with van der Waals surface area (Å²) in [6.07, 6.45) is 0. The van der Waals surface area contributed by atoms with Gasteiger partial charge in [0.2, 0.25) is 0 Å². The Labute approximate surface area is 97.4 Å². The number of hydrogen-bond donors (Lipinski definition) is 3. The van der Waals surface area contributed by atoms with Crippen LogP contribution in [0.25, 0.3) is 0 Å². The number of carboxylic acids is 1. The van der Waals surface area contributed by atoms with Crippen LogP contribution in [0, 0.1) is 0 Å². The zero-order valence-electron chi connectivity index (χ0n) is 9.19. The molecule has 0 aliphatic heterocycles. The molecule has 0 radical (unpaired) electrons. The monoisotopic (exact) mass is 236 g/mol. The van der Waals surface area contributed by atoms with Crippen LogP contribution in [0.15, 0.2) is 18.2 Å². The lowest BCUT2D eigenvalue weighted by Crippen LogP contribution is -2.29. The Kier molecular flexibility index (Phi) is 3.82. The molecule has 0 saturated carbocycles. The standard InChI is InChI=1S/C11H12N2O4/c1-6(14)7-2-3-8(9(12)4-7)11(17)13-5-10(15)16/h2-4H,5,12H2,1H3,(H,13,17)(H,15,16). The molecule has 17 heavy (non-hydrogen) atoms. The molecule has 1 rings (SSSR count). The van der Waals surface area contributed by atoms with Gasteiger partial charge in [-0.1, -0.05) is 6.07 Å². The molecule has 0 aromatic heterocycles. The molecule has 0 aliphatic rings. The highest BCUT2D eigenvalue weighted by Crippen LogP contribution is 2.14. The van der Waals surface area contributed by atoms with Crippen LogP contribution in [0.1, 0.15) is 27.6 Å². The number of ketones is 1. The van der Waals surface area contributed by atoms with Crippen LogP contribution in [0.2, 0.25) is 0 Å². The first kappa shape index (κ1) is 12.7. The van der Waals surface area contributed by atoms with Gasteiger partial charge in [-0.05, 0) is 19.1 Å². The number of nitrogens with two attached hydrogens (primary N) is 1. The molecular weight excluding hydrogens is 224 g/mol. The van der Waals surface area contributed by atoms with Crippen molar-refractivity contribution in [3.8, 4) is 0 Å². The maximum absolute atomic E-state index is 11.5. The maximum atomic E-state index is 11.5. The number of Topliss-reactive ketones (excluding diaryl/α,β-unsaturated/α-hetero) is 1. The number of benzene rings is 1. The molecule has 6 nitrogen and oxygen atoms in total. The molecule has 0 aliphatic carbocycles. The van der Waals surface area contributed by atoms with Crippen molar-refractivity contribution in [2.75, 3.05) is 12.3 Å². The van der Waals surface area contributed by atoms with Gasteiger partial charge in [0.05, 0.1) is 5.56 Å². The van der Waals surface area contributed by atoms with Gasteiger partial charge in [0.15, 0.2) is 5.78 Å². The van der Waals surface area contributed by atoms with Crippen LogP contribution in [-0.2, 0) is 4.79 Å². The molecule has 6 heteroatoms. The molecule has 1 aromatic carbocycles. The third kappa shape index (κ3) is 3.30. The number of amides is 1. The topological polar surface area (TPSA) is 109 Å². The maximum Gasteiger partial charge on any atom is 0.322 e. The Morgan fingerprint density at radius 1 is 1.35 bits per heavy atom. The Morgan fingerprint density at radius 3 is 2.47 bits per heavy atom. The summed E-state index contributed by atoms with van der Waals surface area (Å²) in [6.45, 7) is 0.908. The second-order valence-corrected chi connectivity index (χ2v) is 3.43. The van der Waals surface area contributed by atoms with E-state index in [1.807, 2.05) is 0 Å². The minimum absolute atomic E-state index is 0.139. The predicted octanol–water partition coefficient (Wildman–Crippen LogP) is 0.286. The molecule has 90 valence electrons. The van der Waals surface area contributed by atoms with Crippen molar-refractivity contribution in [2.45, 2.75) is 6.92 Å². The van der Waals surface area contributed by atoms with Gasteiger partial charge in [-0.25, -0.2) is 0 Å². The van der Waals surface area contributed by atoms with E-state index < -0.39 is 18.4 Å². The first-order chi connectivity index (χ1) is 7.91. The Bertz CT molecular complexity index is 482. The Hall–Kier alpha value is -2.37. The van der Waals surface area contributed by atoms with Crippen molar-refractivity contribution in [1.82, 2.24) is 5.32 Å². The highest BCUT2D eigenvalue weighted by atomic mass is 16.4. The van der Waals surface area contributed by atoms with Crippen molar-refractivity contribution in [1.29, 1.82) is 0 Å². The first-order valence-corrected chi connectivity index (χ1v) is 4.82. The predicted molar refractivity (Wildman–Crippen MR) is 60.8 cm³/mol. The smallest absolute Gasteiger partial charge is 0.322 e. The highest BCUT2D eigenvalue weighted by molar-refractivity contribution is 6.02. The number of carboxylic acid groups (broad SMARTS) is 1. The summed E-state index contributed by atoms with van der Waals surface area (Å²) in [5, 5.41) is 10.6. The fraction of sp³-hybridized carbons (Fsp3) is 0.182. The van der Waals surface area contributed by atoms with E-state index in [4.69, 9.17) is 10.8 Å². The summed E-state index contributed by atoms with van der Waals surface area (Å²) in [7, 11) is 0. The van der Waals surface area contributed by atoms with Crippen LogP contribution in [0.4, 0.5) is 5.69 Å². The van der Waals surface area contributed by atoms with Gasteiger partial charge in [-0.2, -0.15) is 0 Å². The number of nitrogen functional groups attached to an aromatic ring is 1. The van der Waals surface area contributed by atoms with Crippen LogP contribution in [-0.4, -0.2) is 29.3 Å². The normalized spacial score (nSPS) is 9.71. The number of rotatable bonds is 4. The quantitative estimate of drug-likeness (QED) is 0.514. The van der Waals surface area contributed by atoms with Crippen molar-refractivity contribution >= 4 is 23.3 Å². The van der Waals surface area contributed by atoms with E-state index in [9.17, 15) is 14.4 Å². The molecule has 0 atom stereocenters. The lowest BCUT2D eigenvalue weighted by Gasteiger charge is -2.06. The third-order valence-corrected chi connectivity index (χ3v) is 2.10. The summed E-state index contributed by atoms with van der Waals surface area (Å²) >= 11 is 0. The average molecular weight is 236 g/mol. The molecule has 1 aromatic rings. The van der Waals surface area contributed by atoms with E-state index in [2.05, 4.69) is 5.32 Å². The Balaban J connectivity index is 2.88. The van der Waals surface area contributed by atoms with E-state index in [0.717, 1.165) is 0 Å². The molecule has 0 heterocycles. The zero-order chi connectivity index (χ0) is 13.0. The number of hydrogen-bond acceptors (Lipinski definition) is 4. The van der Waals surface area contributed by atoms with E-state index in [1.54, 1.807) is 0 Å². The average Bonchev–Trinajstić information content (AvgIpc) is 2.25. The number of anilines is 1. The fourth-order valence-electron chi connectivity index (χ4n) is 1.24. The Morgan fingerprint density at radius 2 is 2.00 bits per heavy atom. The SMILES string of the molecule is CC(=O)c1ccc(C(=O)NCC(=O)O)c(N)c1. The minimum atomic E-state index is -1.14. The molecule has 0 unspecified atom stereocenters. The second kappa shape index (κ2) is 5.11. The van der Waals surface area contributed by atoms with Gasteiger partial charge in [-0.15, -0.1) is 0 Å². The molecule has 0 saturated heterocycles. The number of carbonyl (C=O) groups excluding carboxylic acids is 2. The molecule has 0 spiro atoms. The van der Waals surface area contributed by atoms with E-state index >= 15 is 0 Å². The van der Waals surface area contributed by atoms with Gasteiger partial charge in [0.25, 0.3) is 5.91 Å². The first-order valence-electron chi connectivity index (χ1n) is 4.82. The van der Waals surface area contributed by atoms with Crippen LogP contribution < -0.4 is 11.1 Å². The van der Waals surface area contributed by atoms with Crippen molar-refractivity contribution < 1.29 is 19.5 Å². The van der Waals surface area contributed by atoms with Crippen molar-refractivity contribution in [3.05, 3.63) is 29.3 Å². The summed E-state index contributed by atoms with van der Waals surface area (Å²) in [5.74, 6) is -1.88. The second-order valence-electron chi connectivity index (χ2n) is 3.43. The largest absolute Gasteiger partial charge is 0.480 e. The highest BCUT2D eigenvalue weighted by Gasteiger charge is 2.12. The van der Waals surface area contributed by atoms with Crippen LogP contribution >= 0.6 is 0 Å². The summed E-state index contributed by atoms with van der Waals surface area (Å²) in [4.78, 5) is 32.8. The lowest BCUT2D eigenvalue weighted by molar-refractivity contribution is -0.135. The van der Waals surface area contributed by atoms with Gasteiger partial charge in [0, 0.05) is 11.3 Å². The lowest BCUT2D eigenvalue weighted by atomic mass is 10.1. The molecule has 0 fully saturated rings. The summed E-state index contributed by atoms with van der Waals surface area (Å²) < 4.78 is 0. The van der Waals surface area contributed by atoms with E-state index in [0.29, 0.717) is 5.56 Å². The molecule has 0 bridgehead atoms. The van der Waals surface area contributed by atoms with Gasteiger partial charge < -0.3 is 16.2 Å². The minimum Gasteiger partial charge on any atom is -0.480 e. The van der Waals surface area contributed by atoms with Crippen molar-refractivity contribution in [2.24, 2.45) is 0 Å². The zero-order valence-corrected chi connectivity index (χ0v) is 9.19. The van der Waals surface area contributed by atoms with Gasteiger partial charge in [-0.3, -0.25) is 14.4 Å². The van der Waals surface area contributed by atoms with Crippen LogP contribution in [0.5, 0.6) is 0 Å². The molecular formula is C11H12N2O4. The summed E-state index contributed by atoms with van der Waals surface area (Å²) in [5.41, 5.74) is 6.29. The van der Waals surface area contributed by atoms with Gasteiger partial charge in [0.1, 0.15) is 6.54 Å². The van der Waals surface area contributed by atoms with E-state index in [1.165, 1.54) is 25.1 Å². The summed E-state index contributed by atoms with van der Waals surface area (Å²) in [6, 6.07) is 4.25. The fourth-order valence-corrected chi connectivity index (χ4v) is 1.24. The van der Waals surface area contributed by atoms with Gasteiger partial charge >= 0.3 is 5.97 Å². The molecule has 1 amide bonds. The van der Waals surface area contributed by atoms with Crippen molar-refractivity contribution in [3.63, 3.8) is 0 Å². The number of aliphatic carboxylic acids is 1. The number of nitrogens with one attached hydrogen (secondary N) is 1. The van der Waals surface area contributed by atoms with Crippen LogP contribution in [0.3, 0.4) is 0 Å². The van der Waals surface area contributed by atoms with E-state index in [-0.39, 0.29) is 17.0 Å². The number of carbonyl (C=O) groups is 3. The third-order valence-electron chi connectivity index (χ3n) is 2.10. The molecule has 4 N–H and O–H groups in total.